The van der Waals surface area contributed by atoms with Crippen LogP contribution in [0, 0.1) is 0 Å². The fourth-order valence-electron chi connectivity index (χ4n) is 4.79. The highest BCUT2D eigenvalue weighted by Crippen LogP contribution is 2.25. The standard InChI is InChI=1S/C28H54O12S/c1-3-4-5-6-7-8-9-10-11-12-13-14-15-16-17-18-36-20-23(38-22(2)30)21-37-28-26(32)27(40-41(33,34)35)25(31)24(19-29)39-28/h23-29,31-32H,3-21H2,1-2H3,(H,33,34,35). The highest BCUT2D eigenvalue weighted by atomic mass is 32.3. The molecule has 1 aliphatic rings. The van der Waals surface area contributed by atoms with Crippen molar-refractivity contribution in [2.24, 2.45) is 0 Å². The molecule has 0 bridgehead atoms. The van der Waals surface area contributed by atoms with Gasteiger partial charge in [0.1, 0.15) is 30.5 Å². The number of aliphatic hydroxyl groups excluding tert-OH is 3. The lowest BCUT2D eigenvalue weighted by Gasteiger charge is -2.41. The molecule has 1 saturated heterocycles. The van der Waals surface area contributed by atoms with Crippen LogP contribution in [0.15, 0.2) is 0 Å². The summed E-state index contributed by atoms with van der Waals surface area (Å²) >= 11 is 0. The Bertz CT molecular complexity index is 765. The van der Waals surface area contributed by atoms with Gasteiger partial charge in [-0.2, -0.15) is 8.42 Å². The van der Waals surface area contributed by atoms with Gasteiger partial charge in [0.25, 0.3) is 0 Å². The molecular weight excluding hydrogens is 560 g/mol. The highest BCUT2D eigenvalue weighted by Gasteiger charge is 2.47. The normalized spacial score (nSPS) is 23.9. The fraction of sp³-hybridized carbons (Fsp3) is 0.964. The zero-order chi connectivity index (χ0) is 30.5. The monoisotopic (exact) mass is 614 g/mol. The molecule has 6 atom stereocenters. The molecule has 0 radical (unpaired) electrons. The minimum absolute atomic E-state index is 0.0258. The van der Waals surface area contributed by atoms with Gasteiger partial charge in [0.2, 0.25) is 0 Å². The minimum Gasteiger partial charge on any atom is -0.458 e. The topological polar surface area (TPSA) is 178 Å². The number of hydrogen-bond acceptors (Lipinski definition) is 11. The van der Waals surface area contributed by atoms with Gasteiger partial charge in [0, 0.05) is 13.5 Å². The number of ether oxygens (including phenoxy) is 4. The first-order chi connectivity index (χ1) is 19.6. The van der Waals surface area contributed by atoms with Crippen molar-refractivity contribution in [2.75, 3.05) is 26.4 Å². The van der Waals surface area contributed by atoms with Crippen molar-refractivity contribution in [3.63, 3.8) is 0 Å². The van der Waals surface area contributed by atoms with E-state index in [1.165, 1.54) is 84.0 Å². The lowest BCUT2D eigenvalue weighted by molar-refractivity contribution is -0.301. The number of carbonyl (C=O) groups is 1. The quantitative estimate of drug-likeness (QED) is 0.0670. The smallest absolute Gasteiger partial charge is 0.397 e. The molecule has 0 spiro atoms. The summed E-state index contributed by atoms with van der Waals surface area (Å²) in [7, 11) is -5.03. The maximum atomic E-state index is 11.5. The molecule has 0 amide bonds. The molecule has 0 aromatic rings. The van der Waals surface area contributed by atoms with Gasteiger partial charge in [0.05, 0.1) is 19.8 Å². The van der Waals surface area contributed by atoms with Gasteiger partial charge in [-0.1, -0.05) is 96.8 Å². The number of rotatable bonds is 25. The van der Waals surface area contributed by atoms with E-state index in [4.69, 9.17) is 23.5 Å². The summed E-state index contributed by atoms with van der Waals surface area (Å²) in [4.78, 5) is 11.5. The summed E-state index contributed by atoms with van der Waals surface area (Å²) in [5.74, 6) is -0.574. The third kappa shape index (κ3) is 18.4. The van der Waals surface area contributed by atoms with Crippen LogP contribution in [0.3, 0.4) is 0 Å². The molecule has 1 fully saturated rings. The van der Waals surface area contributed by atoms with E-state index in [0.29, 0.717) is 6.61 Å². The van der Waals surface area contributed by atoms with Gasteiger partial charge in [-0.25, -0.2) is 4.18 Å². The van der Waals surface area contributed by atoms with E-state index in [2.05, 4.69) is 11.1 Å². The average molecular weight is 615 g/mol. The number of carbonyl (C=O) groups excluding carboxylic acids is 1. The molecule has 0 aromatic carbocycles. The van der Waals surface area contributed by atoms with Gasteiger partial charge in [-0.15, -0.1) is 0 Å². The van der Waals surface area contributed by atoms with Gasteiger partial charge >= 0.3 is 16.4 Å². The first-order valence-corrected chi connectivity index (χ1v) is 16.6. The molecule has 6 unspecified atom stereocenters. The zero-order valence-electron chi connectivity index (χ0n) is 24.9. The van der Waals surface area contributed by atoms with Crippen LogP contribution in [-0.2, 0) is 38.3 Å². The Morgan fingerprint density at radius 2 is 1.34 bits per heavy atom. The second kappa shape index (κ2) is 22.6. The van der Waals surface area contributed by atoms with E-state index in [1.54, 1.807) is 0 Å². The van der Waals surface area contributed by atoms with Crippen LogP contribution in [0.4, 0.5) is 0 Å². The molecule has 0 aliphatic carbocycles. The second-order valence-electron chi connectivity index (χ2n) is 10.8. The summed E-state index contributed by atoms with van der Waals surface area (Å²) in [5, 5.41) is 29.9. The molecule has 1 heterocycles. The van der Waals surface area contributed by atoms with Gasteiger partial charge < -0.3 is 34.3 Å². The fourth-order valence-corrected chi connectivity index (χ4v) is 5.30. The number of hydrogen-bond donors (Lipinski definition) is 4. The third-order valence-electron chi connectivity index (χ3n) is 7.03. The van der Waals surface area contributed by atoms with Crippen LogP contribution in [-0.4, -0.2) is 97.5 Å². The number of esters is 1. The highest BCUT2D eigenvalue weighted by molar-refractivity contribution is 7.80. The van der Waals surface area contributed by atoms with E-state index in [-0.39, 0.29) is 13.2 Å². The summed E-state index contributed by atoms with van der Waals surface area (Å²) in [6, 6.07) is 0. The lowest BCUT2D eigenvalue weighted by Crippen LogP contribution is -2.60. The van der Waals surface area contributed by atoms with Crippen molar-refractivity contribution >= 4 is 16.4 Å². The molecule has 1 aliphatic heterocycles. The maximum Gasteiger partial charge on any atom is 0.397 e. The molecular formula is C28H54O12S. The summed E-state index contributed by atoms with van der Waals surface area (Å²) < 4.78 is 57.1. The van der Waals surface area contributed by atoms with Crippen LogP contribution in [0.5, 0.6) is 0 Å². The van der Waals surface area contributed by atoms with Crippen molar-refractivity contribution < 1.29 is 56.2 Å². The van der Waals surface area contributed by atoms with E-state index in [0.717, 1.165) is 19.3 Å². The van der Waals surface area contributed by atoms with Crippen LogP contribution in [0.2, 0.25) is 0 Å². The molecule has 13 heteroatoms. The van der Waals surface area contributed by atoms with E-state index >= 15 is 0 Å². The predicted octanol–water partition coefficient (Wildman–Crippen LogP) is 3.45. The largest absolute Gasteiger partial charge is 0.458 e. The Kier molecular flexibility index (Phi) is 21.0. The Morgan fingerprint density at radius 1 is 0.829 bits per heavy atom. The molecule has 4 N–H and O–H groups in total. The molecule has 12 nitrogen and oxygen atoms in total. The van der Waals surface area contributed by atoms with Crippen LogP contribution in [0.25, 0.3) is 0 Å². The van der Waals surface area contributed by atoms with Gasteiger partial charge in [-0.3, -0.25) is 9.35 Å². The van der Waals surface area contributed by atoms with Crippen molar-refractivity contribution in [2.45, 2.75) is 147 Å². The van der Waals surface area contributed by atoms with Crippen molar-refractivity contribution in [3.8, 4) is 0 Å². The van der Waals surface area contributed by atoms with E-state index in [9.17, 15) is 28.5 Å². The first-order valence-electron chi connectivity index (χ1n) is 15.2. The molecule has 1 rings (SSSR count). The Balaban J connectivity index is 2.23. The molecule has 0 aromatic heterocycles. The molecule has 0 saturated carbocycles. The van der Waals surface area contributed by atoms with Crippen LogP contribution in [0.1, 0.15) is 110 Å². The number of unbranched alkanes of at least 4 members (excludes halogenated alkanes) is 14. The molecule has 41 heavy (non-hydrogen) atoms. The van der Waals surface area contributed by atoms with Crippen LogP contribution < -0.4 is 0 Å². The second-order valence-corrected chi connectivity index (χ2v) is 11.8. The Labute approximate surface area is 246 Å². The van der Waals surface area contributed by atoms with Crippen molar-refractivity contribution in [3.05, 3.63) is 0 Å². The van der Waals surface area contributed by atoms with Crippen molar-refractivity contribution in [1.29, 1.82) is 0 Å². The summed E-state index contributed by atoms with van der Waals surface area (Å²) in [5.41, 5.74) is 0. The number of aliphatic hydroxyl groups is 3. The molecule has 244 valence electrons. The Morgan fingerprint density at radius 3 is 1.80 bits per heavy atom. The zero-order valence-corrected chi connectivity index (χ0v) is 25.7. The SMILES string of the molecule is CCCCCCCCCCCCCCCCCOCC(COC1OC(CO)C(O)C(OS(=O)(=O)O)C1O)OC(C)=O. The third-order valence-corrected chi connectivity index (χ3v) is 7.49. The summed E-state index contributed by atoms with van der Waals surface area (Å²) in [6.45, 7) is 2.94. The van der Waals surface area contributed by atoms with E-state index in [1.807, 2.05) is 0 Å². The Hall–Kier alpha value is -0.900. The minimum atomic E-state index is -5.03. The first kappa shape index (κ1) is 38.1. The lowest BCUT2D eigenvalue weighted by atomic mass is 9.99. The maximum absolute atomic E-state index is 11.5. The van der Waals surface area contributed by atoms with Crippen LogP contribution >= 0.6 is 0 Å². The summed E-state index contributed by atoms with van der Waals surface area (Å²) in [6.07, 6.45) is 9.74. The average Bonchev–Trinajstić information content (AvgIpc) is 2.91. The predicted molar refractivity (Wildman–Crippen MR) is 151 cm³/mol. The van der Waals surface area contributed by atoms with E-state index < -0.39 is 59.8 Å². The van der Waals surface area contributed by atoms with Gasteiger partial charge in [0.15, 0.2) is 6.29 Å². The van der Waals surface area contributed by atoms with Gasteiger partial charge in [-0.05, 0) is 6.42 Å². The van der Waals surface area contributed by atoms with Crippen molar-refractivity contribution in [1.82, 2.24) is 0 Å².